The first-order chi connectivity index (χ1) is 13.5. The number of piperidine rings is 1. The molecule has 1 saturated heterocycles. The summed E-state index contributed by atoms with van der Waals surface area (Å²) in [6.45, 7) is 1.42. The fourth-order valence-electron chi connectivity index (χ4n) is 2.88. The summed E-state index contributed by atoms with van der Waals surface area (Å²) < 4.78 is 0. The number of aromatic hydroxyl groups is 2. The molecule has 0 bridgehead atoms. The monoisotopic (exact) mass is 382 g/mol. The van der Waals surface area contributed by atoms with Gasteiger partial charge in [0.25, 0.3) is 0 Å². The molecule has 1 aliphatic rings. The number of carbonyl (C=O) groups is 2. The number of amides is 1. The number of para-hydroxylation sites is 1. The number of hydroxylamine groups is 2. The molecule has 1 amide bonds. The summed E-state index contributed by atoms with van der Waals surface area (Å²) >= 11 is 0. The van der Waals surface area contributed by atoms with E-state index in [1.54, 1.807) is 35.4 Å². The minimum Gasteiger partial charge on any atom is -0.504 e. The summed E-state index contributed by atoms with van der Waals surface area (Å²) in [6.07, 6.45) is 5.88. The third-order valence-corrected chi connectivity index (χ3v) is 4.36. The van der Waals surface area contributed by atoms with Crippen molar-refractivity contribution in [1.82, 2.24) is 5.06 Å². The quantitative estimate of drug-likeness (QED) is 0.542. The third kappa shape index (κ3) is 5.11. The Balaban J connectivity index is 1.66. The first-order valence-electron chi connectivity index (χ1n) is 9.10. The van der Waals surface area contributed by atoms with Crippen LogP contribution in [0.3, 0.4) is 0 Å². The summed E-state index contributed by atoms with van der Waals surface area (Å²) in [6, 6.07) is 10.9. The zero-order valence-corrected chi connectivity index (χ0v) is 15.3. The second-order valence-electron chi connectivity index (χ2n) is 6.48. The minimum atomic E-state index is -0.509. The topological polar surface area (TPSA) is 99.1 Å². The van der Waals surface area contributed by atoms with Crippen LogP contribution in [0.1, 0.15) is 35.2 Å². The number of benzene rings is 2. The highest BCUT2D eigenvalue weighted by Crippen LogP contribution is 2.25. The van der Waals surface area contributed by atoms with Crippen molar-refractivity contribution in [2.45, 2.75) is 19.3 Å². The van der Waals surface area contributed by atoms with E-state index in [0.29, 0.717) is 24.3 Å². The van der Waals surface area contributed by atoms with Gasteiger partial charge in [-0.15, -0.1) is 5.06 Å². The Morgan fingerprint density at radius 1 is 1.00 bits per heavy atom. The predicted octanol–water partition coefficient (Wildman–Crippen LogP) is 3.31. The van der Waals surface area contributed by atoms with Gasteiger partial charge in [-0.2, -0.15) is 0 Å². The minimum absolute atomic E-state index is 0.234. The van der Waals surface area contributed by atoms with E-state index in [1.807, 2.05) is 0 Å². The van der Waals surface area contributed by atoms with Gasteiger partial charge in [-0.1, -0.05) is 24.6 Å². The fourth-order valence-corrected chi connectivity index (χ4v) is 2.88. The zero-order chi connectivity index (χ0) is 19.9. The van der Waals surface area contributed by atoms with Crippen LogP contribution in [0.4, 0.5) is 5.69 Å². The molecule has 1 heterocycles. The van der Waals surface area contributed by atoms with Gasteiger partial charge >= 0.3 is 5.97 Å². The molecular formula is C21H22N2O5. The van der Waals surface area contributed by atoms with Crippen molar-refractivity contribution in [3.05, 3.63) is 59.7 Å². The molecule has 28 heavy (non-hydrogen) atoms. The average Bonchev–Trinajstić information content (AvgIpc) is 2.70. The van der Waals surface area contributed by atoms with E-state index in [1.165, 1.54) is 24.3 Å². The maximum Gasteiger partial charge on any atom is 0.359 e. The molecule has 2 aromatic carbocycles. The molecule has 146 valence electrons. The number of nitrogens with zero attached hydrogens (tertiary/aromatic N) is 1. The van der Waals surface area contributed by atoms with E-state index >= 15 is 0 Å². The number of phenols is 2. The lowest BCUT2D eigenvalue weighted by molar-refractivity contribution is -0.119. The number of carbonyl (C=O) groups excluding carboxylic acids is 2. The summed E-state index contributed by atoms with van der Waals surface area (Å²) in [7, 11) is 0. The highest BCUT2D eigenvalue weighted by Gasteiger charge is 2.19. The van der Waals surface area contributed by atoms with Crippen LogP contribution in [-0.4, -0.2) is 40.2 Å². The first kappa shape index (κ1) is 19.4. The van der Waals surface area contributed by atoms with Crippen molar-refractivity contribution in [2.24, 2.45) is 0 Å². The van der Waals surface area contributed by atoms with Crippen molar-refractivity contribution in [3.63, 3.8) is 0 Å². The summed E-state index contributed by atoms with van der Waals surface area (Å²) in [5, 5.41) is 23.1. The van der Waals surface area contributed by atoms with Gasteiger partial charge in [0.2, 0.25) is 5.91 Å². The molecule has 7 heteroatoms. The largest absolute Gasteiger partial charge is 0.504 e. The SMILES string of the molecule is O=C(/C=C/c1ccc(O)c(O)c1)Nc1ccccc1C(=O)ON1CCCCC1. The van der Waals surface area contributed by atoms with Gasteiger partial charge < -0.3 is 20.4 Å². The van der Waals surface area contributed by atoms with Gasteiger partial charge in [-0.05, 0) is 48.7 Å². The lowest BCUT2D eigenvalue weighted by atomic mass is 10.1. The fraction of sp³-hybridized carbons (Fsp3) is 0.238. The number of phenolic OH excluding ortho intramolecular Hbond substituents is 2. The van der Waals surface area contributed by atoms with Crippen LogP contribution in [0.5, 0.6) is 11.5 Å². The van der Waals surface area contributed by atoms with Crippen molar-refractivity contribution in [3.8, 4) is 11.5 Å². The van der Waals surface area contributed by atoms with Crippen molar-refractivity contribution in [2.75, 3.05) is 18.4 Å². The zero-order valence-electron chi connectivity index (χ0n) is 15.3. The maximum absolute atomic E-state index is 12.5. The average molecular weight is 382 g/mol. The Hall–Kier alpha value is -3.32. The van der Waals surface area contributed by atoms with E-state index in [0.717, 1.165) is 19.3 Å². The number of nitrogens with one attached hydrogen (secondary N) is 1. The van der Waals surface area contributed by atoms with Gasteiger partial charge in [0.1, 0.15) is 0 Å². The van der Waals surface area contributed by atoms with Crippen LogP contribution < -0.4 is 5.32 Å². The van der Waals surface area contributed by atoms with Crippen molar-refractivity contribution in [1.29, 1.82) is 0 Å². The van der Waals surface area contributed by atoms with Crippen LogP contribution in [0.2, 0.25) is 0 Å². The van der Waals surface area contributed by atoms with Gasteiger partial charge in [0.05, 0.1) is 11.3 Å². The number of hydrogen-bond acceptors (Lipinski definition) is 6. The summed E-state index contributed by atoms with van der Waals surface area (Å²) in [5.41, 5.74) is 1.17. The van der Waals surface area contributed by atoms with E-state index in [-0.39, 0.29) is 17.1 Å². The van der Waals surface area contributed by atoms with Gasteiger partial charge in [-0.3, -0.25) is 4.79 Å². The molecule has 2 aromatic rings. The molecule has 0 saturated carbocycles. The Labute approximate surface area is 162 Å². The molecule has 1 aliphatic heterocycles. The highest BCUT2D eigenvalue weighted by molar-refractivity contribution is 6.06. The van der Waals surface area contributed by atoms with Crippen LogP contribution in [-0.2, 0) is 9.63 Å². The van der Waals surface area contributed by atoms with Crippen molar-refractivity contribution < 1.29 is 24.6 Å². The smallest absolute Gasteiger partial charge is 0.359 e. The molecule has 3 rings (SSSR count). The predicted molar refractivity (Wildman–Crippen MR) is 105 cm³/mol. The highest BCUT2D eigenvalue weighted by atomic mass is 16.7. The van der Waals surface area contributed by atoms with Crippen LogP contribution >= 0.6 is 0 Å². The van der Waals surface area contributed by atoms with Crippen LogP contribution in [0.15, 0.2) is 48.5 Å². The molecule has 0 spiro atoms. The van der Waals surface area contributed by atoms with Crippen LogP contribution in [0, 0.1) is 0 Å². The Morgan fingerprint density at radius 2 is 1.75 bits per heavy atom. The summed E-state index contributed by atoms with van der Waals surface area (Å²) in [4.78, 5) is 30.1. The molecule has 3 N–H and O–H groups in total. The Bertz CT molecular complexity index is 888. The van der Waals surface area contributed by atoms with E-state index < -0.39 is 11.9 Å². The number of rotatable bonds is 5. The molecule has 0 aromatic heterocycles. The molecule has 0 atom stereocenters. The number of anilines is 1. The van der Waals surface area contributed by atoms with E-state index in [2.05, 4.69) is 5.32 Å². The van der Waals surface area contributed by atoms with Crippen molar-refractivity contribution >= 4 is 23.6 Å². The maximum atomic E-state index is 12.5. The summed E-state index contributed by atoms with van der Waals surface area (Å²) in [5.74, 6) is -1.45. The van der Waals surface area contributed by atoms with E-state index in [4.69, 9.17) is 4.84 Å². The lowest BCUT2D eigenvalue weighted by Gasteiger charge is -2.25. The molecule has 0 aliphatic carbocycles. The third-order valence-electron chi connectivity index (χ3n) is 4.36. The lowest BCUT2D eigenvalue weighted by Crippen LogP contribution is -2.32. The normalized spacial score (nSPS) is 14.7. The standard InChI is InChI=1S/C21H22N2O5/c24-18-10-8-15(14-19(18)25)9-11-20(26)22-17-7-3-2-6-16(17)21(27)28-23-12-4-1-5-13-23/h2-3,6-11,14,24-25H,1,4-5,12-13H2,(H,22,26)/b11-9+. The van der Waals surface area contributed by atoms with Gasteiger partial charge in [-0.25, -0.2) is 4.79 Å². The van der Waals surface area contributed by atoms with E-state index in [9.17, 15) is 19.8 Å². The molecule has 7 nitrogen and oxygen atoms in total. The molecular weight excluding hydrogens is 360 g/mol. The Kier molecular flexibility index (Phi) is 6.29. The van der Waals surface area contributed by atoms with Gasteiger partial charge in [0.15, 0.2) is 11.5 Å². The Morgan fingerprint density at radius 3 is 2.50 bits per heavy atom. The molecule has 1 fully saturated rings. The first-order valence-corrected chi connectivity index (χ1v) is 9.10. The second kappa shape index (κ2) is 9.05. The van der Waals surface area contributed by atoms with Gasteiger partial charge in [0, 0.05) is 19.2 Å². The second-order valence-corrected chi connectivity index (χ2v) is 6.48. The number of hydrogen-bond donors (Lipinski definition) is 3. The molecule has 0 radical (unpaired) electrons. The van der Waals surface area contributed by atoms with Crippen LogP contribution in [0.25, 0.3) is 6.08 Å². The molecule has 0 unspecified atom stereocenters.